The van der Waals surface area contributed by atoms with E-state index < -0.39 is 11.9 Å². The predicted octanol–water partition coefficient (Wildman–Crippen LogP) is 1.93. The molecule has 0 spiro atoms. The van der Waals surface area contributed by atoms with Crippen LogP contribution in [0.15, 0.2) is 0 Å². The molecule has 0 aromatic rings. The Kier molecular flexibility index (Phi) is 12.9. The predicted molar refractivity (Wildman–Crippen MR) is 94.8 cm³/mol. The van der Waals surface area contributed by atoms with Gasteiger partial charge in [0.05, 0.1) is 12.8 Å². The molecule has 1 aliphatic rings. The third kappa shape index (κ3) is 9.56. The van der Waals surface area contributed by atoms with Gasteiger partial charge in [-0.15, -0.1) is 0 Å². The Balaban J connectivity index is 0. The van der Waals surface area contributed by atoms with Gasteiger partial charge >= 0.3 is 0 Å². The summed E-state index contributed by atoms with van der Waals surface area (Å²) in [6.07, 6.45) is -0.336. The number of rotatable bonds is 3. The summed E-state index contributed by atoms with van der Waals surface area (Å²) in [5, 5.41) is 0. The van der Waals surface area contributed by atoms with E-state index in [1.807, 2.05) is 32.7 Å². The van der Waals surface area contributed by atoms with Gasteiger partial charge in [-0.1, -0.05) is 41.5 Å². The number of nitrogens with zero attached hydrogens (tertiary/aromatic N) is 2. The van der Waals surface area contributed by atoms with Crippen molar-refractivity contribution in [1.29, 1.82) is 0 Å². The monoisotopic (exact) mass is 331 g/mol. The number of hydrogen-bond donors (Lipinski definition) is 1. The number of likely N-dealkylation sites (N-methyl/N-ethyl adjacent to an activating group) is 1. The van der Waals surface area contributed by atoms with Gasteiger partial charge in [0, 0.05) is 20.5 Å². The van der Waals surface area contributed by atoms with Gasteiger partial charge in [0.2, 0.25) is 11.8 Å². The molecule has 2 N–H and O–H groups in total. The van der Waals surface area contributed by atoms with Crippen molar-refractivity contribution in [2.75, 3.05) is 27.4 Å². The van der Waals surface area contributed by atoms with E-state index in [-0.39, 0.29) is 17.9 Å². The van der Waals surface area contributed by atoms with Gasteiger partial charge < -0.3 is 15.4 Å². The Morgan fingerprint density at radius 3 is 2.00 bits per heavy atom. The maximum Gasteiger partial charge on any atom is 0.242 e. The number of hydrogen-bond acceptors (Lipinski definition) is 4. The van der Waals surface area contributed by atoms with Gasteiger partial charge in [-0.05, 0) is 18.9 Å². The molecule has 0 aliphatic carbocycles. The lowest BCUT2D eigenvalue weighted by Crippen LogP contribution is -2.58. The highest BCUT2D eigenvalue weighted by Crippen LogP contribution is 2.21. The Labute approximate surface area is 142 Å². The zero-order chi connectivity index (χ0) is 18.7. The second-order valence-corrected chi connectivity index (χ2v) is 6.49. The lowest BCUT2D eigenvalue weighted by molar-refractivity contribution is -0.155. The van der Waals surface area contributed by atoms with Gasteiger partial charge in [-0.2, -0.15) is 0 Å². The molecular formula is C17H37N3O3. The van der Waals surface area contributed by atoms with E-state index in [0.717, 1.165) is 12.5 Å². The molecule has 1 rings (SSSR count). The van der Waals surface area contributed by atoms with Crippen LogP contribution >= 0.6 is 0 Å². The first-order chi connectivity index (χ1) is 10.6. The minimum atomic E-state index is -0.698. The zero-order valence-corrected chi connectivity index (χ0v) is 16.4. The van der Waals surface area contributed by atoms with Gasteiger partial charge in [-0.25, -0.2) is 0 Å². The molecule has 6 nitrogen and oxygen atoms in total. The fourth-order valence-corrected chi connectivity index (χ4v) is 2.20. The van der Waals surface area contributed by atoms with Crippen LogP contribution in [-0.2, 0) is 14.3 Å². The minimum Gasteiger partial charge on any atom is -0.368 e. The fraction of sp³-hybridized carbons (Fsp3) is 0.882. The highest BCUT2D eigenvalue weighted by atomic mass is 16.5. The molecule has 0 radical (unpaired) electrons. The van der Waals surface area contributed by atoms with E-state index in [0.29, 0.717) is 6.73 Å². The van der Waals surface area contributed by atoms with Crippen LogP contribution in [0.3, 0.4) is 0 Å². The maximum absolute atomic E-state index is 11.5. The third-order valence-electron chi connectivity index (χ3n) is 3.16. The number of amides is 2. The molecule has 0 bridgehead atoms. The van der Waals surface area contributed by atoms with Gasteiger partial charge in [-0.3, -0.25) is 14.5 Å². The number of carbonyl (C=O) groups excluding carboxylic acids is 2. The summed E-state index contributed by atoms with van der Waals surface area (Å²) in [6, 6.07) is -0.698. The van der Waals surface area contributed by atoms with Crippen molar-refractivity contribution in [3.63, 3.8) is 0 Å². The van der Waals surface area contributed by atoms with Crippen molar-refractivity contribution >= 4 is 11.8 Å². The van der Waals surface area contributed by atoms with Gasteiger partial charge in [0.15, 0.2) is 0 Å². The van der Waals surface area contributed by atoms with Crippen molar-refractivity contribution in [1.82, 2.24) is 9.80 Å². The number of nitrogens with two attached hydrogens (primary N) is 1. The van der Waals surface area contributed by atoms with Gasteiger partial charge in [0.25, 0.3) is 0 Å². The standard InChI is InChI=1S/C11H21N3O3.C4H10.C2H6/c1-7-5-13(3)6-17-10(7)9(11(12)16)14(4)8(2)15;1-4(2)3;1-2/h7,9-10H,5-6H2,1-4H3,(H2,12,16);4H,1-3H3;1-2H3/t7?,9?,10-;;/m1../s1. The van der Waals surface area contributed by atoms with Crippen LogP contribution in [-0.4, -0.2) is 61.1 Å². The SMILES string of the molecule is CC.CC(=O)N(C)C(C(N)=O)[C@@H]1OCN(C)CC1C.CC(C)C. The summed E-state index contributed by atoms with van der Waals surface area (Å²) in [4.78, 5) is 26.2. The van der Waals surface area contributed by atoms with Crippen LogP contribution < -0.4 is 5.73 Å². The van der Waals surface area contributed by atoms with E-state index >= 15 is 0 Å². The zero-order valence-electron chi connectivity index (χ0n) is 16.4. The summed E-state index contributed by atoms with van der Waals surface area (Å²) in [6.45, 7) is 15.2. The Bertz CT molecular complexity index is 345. The summed E-state index contributed by atoms with van der Waals surface area (Å²) < 4.78 is 5.63. The van der Waals surface area contributed by atoms with Crippen molar-refractivity contribution in [3.05, 3.63) is 0 Å². The average molecular weight is 332 g/mol. The molecule has 1 saturated heterocycles. The molecule has 1 aliphatic heterocycles. The van der Waals surface area contributed by atoms with Crippen LogP contribution in [0.25, 0.3) is 0 Å². The Hall–Kier alpha value is -1.14. The number of ether oxygens (including phenoxy) is 1. The van der Waals surface area contributed by atoms with E-state index in [2.05, 4.69) is 20.8 Å². The highest BCUT2D eigenvalue weighted by molar-refractivity contribution is 5.86. The van der Waals surface area contributed by atoms with E-state index in [1.165, 1.54) is 11.8 Å². The van der Waals surface area contributed by atoms with Crippen molar-refractivity contribution in [2.24, 2.45) is 17.6 Å². The van der Waals surface area contributed by atoms with Crippen LogP contribution in [0.1, 0.15) is 48.5 Å². The van der Waals surface area contributed by atoms with E-state index in [4.69, 9.17) is 10.5 Å². The largest absolute Gasteiger partial charge is 0.368 e. The Morgan fingerprint density at radius 2 is 1.70 bits per heavy atom. The molecule has 2 unspecified atom stereocenters. The van der Waals surface area contributed by atoms with Crippen LogP contribution in [0.4, 0.5) is 0 Å². The highest BCUT2D eigenvalue weighted by Gasteiger charge is 2.38. The first kappa shape index (κ1) is 24.1. The average Bonchev–Trinajstić information content (AvgIpc) is 2.42. The minimum absolute atomic E-state index is 0.146. The van der Waals surface area contributed by atoms with Crippen molar-refractivity contribution < 1.29 is 14.3 Å². The Morgan fingerprint density at radius 1 is 1.26 bits per heavy atom. The van der Waals surface area contributed by atoms with Crippen LogP contribution in [0.2, 0.25) is 0 Å². The summed E-state index contributed by atoms with van der Waals surface area (Å²) in [5.41, 5.74) is 5.38. The molecule has 23 heavy (non-hydrogen) atoms. The van der Waals surface area contributed by atoms with E-state index in [1.54, 1.807) is 7.05 Å². The fourth-order valence-electron chi connectivity index (χ4n) is 2.20. The summed E-state index contributed by atoms with van der Waals surface area (Å²) in [7, 11) is 3.52. The molecule has 3 atom stereocenters. The molecule has 2 amide bonds. The first-order valence-corrected chi connectivity index (χ1v) is 8.40. The summed E-state index contributed by atoms with van der Waals surface area (Å²) in [5.74, 6) is 0.265. The molecule has 6 heteroatoms. The second kappa shape index (κ2) is 12.3. The lowest BCUT2D eigenvalue weighted by Gasteiger charge is -2.40. The molecule has 138 valence electrons. The number of carbonyl (C=O) groups is 2. The molecule has 0 aromatic carbocycles. The molecule has 1 heterocycles. The van der Waals surface area contributed by atoms with Crippen molar-refractivity contribution in [3.8, 4) is 0 Å². The van der Waals surface area contributed by atoms with Crippen LogP contribution in [0.5, 0.6) is 0 Å². The maximum atomic E-state index is 11.5. The first-order valence-electron chi connectivity index (χ1n) is 8.40. The second-order valence-electron chi connectivity index (χ2n) is 6.49. The van der Waals surface area contributed by atoms with Crippen molar-refractivity contribution in [2.45, 2.75) is 60.6 Å². The lowest BCUT2D eigenvalue weighted by atomic mass is 9.94. The molecule has 0 saturated carbocycles. The molecular weight excluding hydrogens is 294 g/mol. The van der Waals surface area contributed by atoms with Crippen LogP contribution in [0, 0.1) is 11.8 Å². The van der Waals surface area contributed by atoms with Gasteiger partial charge in [0.1, 0.15) is 6.04 Å². The topological polar surface area (TPSA) is 75.9 Å². The molecule has 1 fully saturated rings. The summed E-state index contributed by atoms with van der Waals surface area (Å²) >= 11 is 0. The third-order valence-corrected chi connectivity index (χ3v) is 3.16. The quantitative estimate of drug-likeness (QED) is 0.857. The smallest absolute Gasteiger partial charge is 0.242 e. The van der Waals surface area contributed by atoms with E-state index in [9.17, 15) is 9.59 Å². The number of primary amides is 1. The molecule has 0 aromatic heterocycles. The normalized spacial score (nSPS) is 22.2.